The Hall–Kier alpha value is -3.26. The van der Waals surface area contributed by atoms with Crippen molar-refractivity contribution in [3.63, 3.8) is 0 Å². The van der Waals surface area contributed by atoms with E-state index < -0.39 is 5.97 Å². The van der Waals surface area contributed by atoms with Crippen LogP contribution in [0.1, 0.15) is 16.7 Å². The van der Waals surface area contributed by atoms with Gasteiger partial charge in [-0.15, -0.1) is 0 Å². The van der Waals surface area contributed by atoms with Crippen molar-refractivity contribution >= 4 is 35.0 Å². The van der Waals surface area contributed by atoms with Gasteiger partial charge in [-0.25, -0.2) is 4.79 Å². The minimum Gasteiger partial charge on any atom is -0.493 e. The quantitative estimate of drug-likeness (QED) is 0.491. The first-order chi connectivity index (χ1) is 14.4. The summed E-state index contributed by atoms with van der Waals surface area (Å²) in [5, 5.41) is -0.341. The number of amides is 2. The average molecular weight is 427 g/mol. The van der Waals surface area contributed by atoms with Crippen LogP contribution >= 0.6 is 11.8 Å². The van der Waals surface area contributed by atoms with Gasteiger partial charge in [0, 0.05) is 5.56 Å². The maximum Gasteiger partial charge on any atom is 0.343 e. The Morgan fingerprint density at radius 1 is 1.10 bits per heavy atom. The van der Waals surface area contributed by atoms with Gasteiger partial charge in [-0.1, -0.05) is 42.0 Å². The Morgan fingerprint density at radius 2 is 1.83 bits per heavy atom. The van der Waals surface area contributed by atoms with Gasteiger partial charge in [0.25, 0.3) is 11.1 Å². The van der Waals surface area contributed by atoms with E-state index in [4.69, 9.17) is 9.47 Å². The topological polar surface area (TPSA) is 82.1 Å². The zero-order valence-electron chi connectivity index (χ0n) is 16.8. The number of para-hydroxylation sites is 1. The maximum atomic E-state index is 12.8. The van der Waals surface area contributed by atoms with Crippen LogP contribution < -0.4 is 9.47 Å². The van der Waals surface area contributed by atoms with E-state index in [1.165, 1.54) is 19.1 Å². The summed E-state index contributed by atoms with van der Waals surface area (Å²) in [5.41, 5.74) is 2.48. The molecule has 2 amide bonds. The normalized spacial score (nSPS) is 14.9. The van der Waals surface area contributed by atoms with Crippen molar-refractivity contribution in [3.05, 3.63) is 64.1 Å². The molecule has 7 nitrogen and oxygen atoms in total. The van der Waals surface area contributed by atoms with Crippen LogP contribution in [0.25, 0.3) is 6.08 Å². The predicted molar refractivity (Wildman–Crippen MR) is 113 cm³/mol. The Balaban J connectivity index is 1.86. The number of hydrogen-bond acceptors (Lipinski definition) is 7. The van der Waals surface area contributed by atoms with Gasteiger partial charge < -0.3 is 14.2 Å². The SMILES string of the molecule is COC(=O)COc1c(/C=C2/SC(=O)N(Cc3ccc(C)cc3)C2=O)cccc1OC. The maximum absolute atomic E-state index is 12.8. The number of ether oxygens (including phenoxy) is 3. The molecule has 0 radical (unpaired) electrons. The van der Waals surface area contributed by atoms with Gasteiger partial charge in [0.15, 0.2) is 18.1 Å². The monoisotopic (exact) mass is 427 g/mol. The molecule has 3 rings (SSSR count). The van der Waals surface area contributed by atoms with Crippen LogP contribution in [0, 0.1) is 6.92 Å². The summed E-state index contributed by atoms with van der Waals surface area (Å²) in [6.07, 6.45) is 1.56. The van der Waals surface area contributed by atoms with E-state index >= 15 is 0 Å². The highest BCUT2D eigenvalue weighted by Crippen LogP contribution is 2.37. The Labute approximate surface area is 178 Å². The second-order valence-corrected chi connectivity index (χ2v) is 7.49. The molecule has 0 aromatic heterocycles. The van der Waals surface area contributed by atoms with Crippen molar-refractivity contribution in [2.45, 2.75) is 13.5 Å². The molecule has 0 saturated carbocycles. The summed E-state index contributed by atoms with van der Waals surface area (Å²) in [4.78, 5) is 38.2. The number of imide groups is 1. The molecule has 0 spiro atoms. The van der Waals surface area contributed by atoms with E-state index in [2.05, 4.69) is 4.74 Å². The van der Waals surface area contributed by atoms with Crippen LogP contribution in [0.5, 0.6) is 11.5 Å². The van der Waals surface area contributed by atoms with Crippen LogP contribution in [0.3, 0.4) is 0 Å². The minimum absolute atomic E-state index is 0.200. The number of aryl methyl sites for hydroxylation is 1. The molecule has 0 unspecified atom stereocenters. The summed E-state index contributed by atoms with van der Waals surface area (Å²) in [5.74, 6) is -0.250. The van der Waals surface area contributed by atoms with E-state index in [9.17, 15) is 14.4 Å². The number of thioether (sulfide) groups is 1. The fourth-order valence-electron chi connectivity index (χ4n) is 2.81. The number of rotatable bonds is 7. The molecule has 1 saturated heterocycles. The molecule has 1 fully saturated rings. The second-order valence-electron chi connectivity index (χ2n) is 6.50. The standard InChI is InChI=1S/C22H21NO6S/c1-14-7-9-15(10-8-14)12-23-21(25)18(30-22(23)26)11-16-5-4-6-17(27-2)20(16)29-13-19(24)28-3/h4-11H,12-13H2,1-3H3/b18-11+. The van der Waals surface area contributed by atoms with Crippen LogP contribution in [0.2, 0.25) is 0 Å². The lowest BCUT2D eigenvalue weighted by molar-refractivity contribution is -0.143. The predicted octanol–water partition coefficient (Wildman–Crippen LogP) is 3.79. The number of nitrogens with zero attached hydrogens (tertiary/aromatic N) is 1. The lowest BCUT2D eigenvalue weighted by Gasteiger charge is -2.13. The molecule has 156 valence electrons. The van der Waals surface area contributed by atoms with Gasteiger partial charge in [-0.3, -0.25) is 14.5 Å². The van der Waals surface area contributed by atoms with Gasteiger partial charge in [-0.2, -0.15) is 0 Å². The zero-order chi connectivity index (χ0) is 21.7. The third-order valence-corrected chi connectivity index (χ3v) is 5.32. The number of esters is 1. The summed E-state index contributed by atoms with van der Waals surface area (Å²) >= 11 is 0.861. The fraction of sp³-hybridized carbons (Fsp3) is 0.227. The van der Waals surface area contributed by atoms with E-state index in [1.807, 2.05) is 31.2 Å². The molecular formula is C22H21NO6S. The highest BCUT2D eigenvalue weighted by Gasteiger charge is 2.35. The summed E-state index contributed by atoms with van der Waals surface area (Å²) < 4.78 is 15.5. The first kappa shape index (κ1) is 21.4. The van der Waals surface area contributed by atoms with Crippen molar-refractivity contribution in [1.29, 1.82) is 0 Å². The van der Waals surface area contributed by atoms with E-state index in [0.717, 1.165) is 22.9 Å². The molecule has 0 bridgehead atoms. The third-order valence-electron chi connectivity index (χ3n) is 4.41. The van der Waals surface area contributed by atoms with Crippen LogP contribution in [0.4, 0.5) is 4.79 Å². The molecule has 8 heteroatoms. The Bertz CT molecular complexity index is 999. The van der Waals surface area contributed by atoms with Gasteiger partial charge in [0.05, 0.1) is 25.7 Å². The van der Waals surface area contributed by atoms with Gasteiger partial charge in [0.2, 0.25) is 0 Å². The Kier molecular flexibility index (Phi) is 6.79. The van der Waals surface area contributed by atoms with Crippen molar-refractivity contribution in [3.8, 4) is 11.5 Å². The molecule has 30 heavy (non-hydrogen) atoms. The molecule has 0 N–H and O–H groups in total. The van der Waals surface area contributed by atoms with Crippen molar-refractivity contribution < 1.29 is 28.6 Å². The van der Waals surface area contributed by atoms with Crippen molar-refractivity contribution in [1.82, 2.24) is 4.90 Å². The summed E-state index contributed by atoms with van der Waals surface area (Å²) in [6.45, 7) is 1.86. The third kappa shape index (κ3) is 4.83. The summed E-state index contributed by atoms with van der Waals surface area (Å²) in [6, 6.07) is 12.8. The number of methoxy groups -OCH3 is 2. The van der Waals surface area contributed by atoms with Crippen LogP contribution in [-0.2, 0) is 20.9 Å². The minimum atomic E-state index is -0.551. The highest BCUT2D eigenvalue weighted by molar-refractivity contribution is 8.18. The van der Waals surface area contributed by atoms with E-state index in [0.29, 0.717) is 11.3 Å². The first-order valence-electron chi connectivity index (χ1n) is 9.10. The van der Waals surface area contributed by atoms with Gasteiger partial charge in [0.1, 0.15) is 0 Å². The largest absolute Gasteiger partial charge is 0.493 e. The lowest BCUT2D eigenvalue weighted by Crippen LogP contribution is -2.27. The smallest absolute Gasteiger partial charge is 0.343 e. The van der Waals surface area contributed by atoms with Crippen molar-refractivity contribution in [2.75, 3.05) is 20.8 Å². The number of hydrogen-bond donors (Lipinski definition) is 0. The number of carbonyl (C=O) groups excluding carboxylic acids is 3. The first-order valence-corrected chi connectivity index (χ1v) is 9.92. The number of carbonyl (C=O) groups is 3. The van der Waals surface area contributed by atoms with Crippen LogP contribution in [-0.4, -0.2) is 42.8 Å². The molecule has 2 aromatic carbocycles. The Morgan fingerprint density at radius 3 is 2.50 bits per heavy atom. The molecule has 0 aliphatic carbocycles. The van der Waals surface area contributed by atoms with E-state index in [-0.39, 0.29) is 35.0 Å². The molecular weight excluding hydrogens is 406 g/mol. The summed E-state index contributed by atoms with van der Waals surface area (Å²) in [7, 11) is 2.73. The van der Waals surface area contributed by atoms with Gasteiger partial charge in [-0.05, 0) is 36.4 Å². The molecule has 1 heterocycles. The average Bonchev–Trinajstić information content (AvgIpc) is 3.01. The highest BCUT2D eigenvalue weighted by atomic mass is 32.2. The molecule has 1 aliphatic heterocycles. The lowest BCUT2D eigenvalue weighted by atomic mass is 10.1. The van der Waals surface area contributed by atoms with Crippen molar-refractivity contribution in [2.24, 2.45) is 0 Å². The van der Waals surface area contributed by atoms with Crippen LogP contribution in [0.15, 0.2) is 47.4 Å². The fourth-order valence-corrected chi connectivity index (χ4v) is 3.63. The van der Waals surface area contributed by atoms with Gasteiger partial charge >= 0.3 is 5.97 Å². The number of benzene rings is 2. The molecule has 1 aliphatic rings. The second kappa shape index (κ2) is 9.49. The molecule has 0 atom stereocenters. The van der Waals surface area contributed by atoms with E-state index in [1.54, 1.807) is 24.3 Å². The zero-order valence-corrected chi connectivity index (χ0v) is 17.7. The molecule has 2 aromatic rings.